The fourth-order valence-corrected chi connectivity index (χ4v) is 4.44. The van der Waals surface area contributed by atoms with E-state index in [4.69, 9.17) is 4.74 Å². The van der Waals surface area contributed by atoms with Gasteiger partial charge in [0.2, 0.25) is 0 Å². The maximum atomic E-state index is 11.2. The van der Waals surface area contributed by atoms with Crippen LogP contribution in [0.4, 0.5) is 0 Å². The van der Waals surface area contributed by atoms with Crippen molar-refractivity contribution in [2.75, 3.05) is 20.2 Å². The Labute approximate surface area is 160 Å². The van der Waals surface area contributed by atoms with E-state index in [1.54, 1.807) is 13.3 Å². The Balaban J connectivity index is 0.00000121. The van der Waals surface area contributed by atoms with Gasteiger partial charge in [-0.15, -0.1) is 19.0 Å². The van der Waals surface area contributed by atoms with Gasteiger partial charge in [0, 0.05) is 24.2 Å². The Bertz CT molecular complexity index is 770. The van der Waals surface area contributed by atoms with Crippen molar-refractivity contribution in [3.63, 3.8) is 0 Å². The van der Waals surface area contributed by atoms with Gasteiger partial charge in [0.05, 0.1) is 18.7 Å². The predicted octanol–water partition coefficient (Wildman–Crippen LogP) is 2.77. The van der Waals surface area contributed by atoms with E-state index in [0.717, 1.165) is 41.7 Å². The van der Waals surface area contributed by atoms with Crippen LogP contribution >= 0.6 is 12.4 Å². The van der Waals surface area contributed by atoms with Crippen LogP contribution in [-0.2, 0) is 0 Å². The Hall–Kier alpha value is -1.66. The SMILES string of the molecule is C=C[C@H]1CN2CC[C@@H]1C[C@H]2[C@H](O)c1ccnc2ccc(OC)cc12.Cl.O. The van der Waals surface area contributed by atoms with E-state index >= 15 is 0 Å². The number of benzene rings is 1. The third kappa shape index (κ3) is 3.45. The third-order valence-corrected chi connectivity index (χ3v) is 5.82. The number of aromatic nitrogens is 1. The molecule has 1 aromatic carbocycles. The fourth-order valence-electron chi connectivity index (χ4n) is 4.44. The number of fused-ring (bicyclic) bond motifs is 4. The molecule has 2 bridgehead atoms. The standard InChI is InChI=1S/C20H24N2O2.ClH.H2O/c1-3-13-12-22-9-7-14(13)10-19(22)20(23)16-6-8-21-18-5-4-15(24-2)11-17(16)18;;/h3-6,8,11,13-14,19-20,23H,1,7,9-10,12H2,2H3;1H;1H2/t13-,14+,19-,20+;;/m0../s1. The number of aliphatic hydroxyl groups excluding tert-OH is 1. The number of hydrogen-bond donors (Lipinski definition) is 1. The van der Waals surface area contributed by atoms with Gasteiger partial charge < -0.3 is 15.3 Å². The van der Waals surface area contributed by atoms with Gasteiger partial charge in [-0.25, -0.2) is 0 Å². The molecule has 2 aromatic rings. The lowest BCUT2D eigenvalue weighted by Gasteiger charge is -2.50. The molecule has 3 aliphatic rings. The summed E-state index contributed by atoms with van der Waals surface area (Å²) in [5.41, 5.74) is 1.85. The molecule has 5 nitrogen and oxygen atoms in total. The summed E-state index contributed by atoms with van der Waals surface area (Å²) in [6.45, 7) is 6.07. The Morgan fingerprint density at radius 1 is 1.38 bits per heavy atom. The molecule has 3 aliphatic heterocycles. The van der Waals surface area contributed by atoms with Gasteiger partial charge in [-0.05, 0) is 61.1 Å². The molecular formula is C20H27ClN2O3. The Morgan fingerprint density at radius 3 is 2.85 bits per heavy atom. The van der Waals surface area contributed by atoms with Gasteiger partial charge in [0.15, 0.2) is 0 Å². The summed E-state index contributed by atoms with van der Waals surface area (Å²) < 4.78 is 5.35. The first kappa shape index (κ1) is 20.6. The lowest BCUT2D eigenvalue weighted by molar-refractivity contribution is -0.0444. The lowest BCUT2D eigenvalue weighted by atomic mass is 9.73. The second kappa shape index (κ2) is 8.35. The van der Waals surface area contributed by atoms with E-state index in [1.807, 2.05) is 24.3 Å². The van der Waals surface area contributed by atoms with E-state index in [2.05, 4.69) is 22.5 Å². The molecule has 3 saturated heterocycles. The number of piperidine rings is 3. The number of hydrogen-bond acceptors (Lipinski definition) is 4. The topological polar surface area (TPSA) is 77.1 Å². The quantitative estimate of drug-likeness (QED) is 0.830. The molecule has 5 atom stereocenters. The number of halogens is 1. The van der Waals surface area contributed by atoms with Crippen LogP contribution in [0, 0.1) is 11.8 Å². The molecule has 3 fully saturated rings. The number of aliphatic hydroxyl groups is 1. The van der Waals surface area contributed by atoms with Crippen molar-refractivity contribution in [2.24, 2.45) is 11.8 Å². The minimum Gasteiger partial charge on any atom is -0.497 e. The molecule has 4 heterocycles. The van der Waals surface area contributed by atoms with Crippen molar-refractivity contribution >= 4 is 23.3 Å². The Kier molecular flexibility index (Phi) is 6.64. The summed E-state index contributed by atoms with van der Waals surface area (Å²) in [7, 11) is 1.66. The molecule has 142 valence electrons. The summed E-state index contributed by atoms with van der Waals surface area (Å²) in [6, 6.07) is 7.96. The van der Waals surface area contributed by atoms with Crippen LogP contribution in [-0.4, -0.2) is 46.7 Å². The van der Waals surface area contributed by atoms with Gasteiger partial charge in [0.1, 0.15) is 5.75 Å². The fraction of sp³-hybridized carbons (Fsp3) is 0.450. The number of pyridine rings is 1. The second-order valence-electron chi connectivity index (χ2n) is 6.97. The summed E-state index contributed by atoms with van der Waals surface area (Å²) in [6.07, 6.45) is 5.62. The monoisotopic (exact) mass is 378 g/mol. The van der Waals surface area contributed by atoms with Crippen LogP contribution in [0.3, 0.4) is 0 Å². The van der Waals surface area contributed by atoms with Crippen LogP contribution < -0.4 is 4.74 Å². The highest BCUT2D eigenvalue weighted by atomic mass is 35.5. The van der Waals surface area contributed by atoms with Gasteiger partial charge >= 0.3 is 0 Å². The summed E-state index contributed by atoms with van der Waals surface area (Å²) in [5, 5.41) is 12.1. The summed E-state index contributed by atoms with van der Waals surface area (Å²) >= 11 is 0. The van der Waals surface area contributed by atoms with Crippen molar-refractivity contribution in [3.8, 4) is 5.75 Å². The van der Waals surface area contributed by atoms with Crippen LogP contribution in [0.15, 0.2) is 43.1 Å². The molecule has 0 amide bonds. The maximum absolute atomic E-state index is 11.2. The minimum atomic E-state index is -0.504. The van der Waals surface area contributed by atoms with Crippen molar-refractivity contribution < 1.29 is 15.3 Å². The van der Waals surface area contributed by atoms with Crippen molar-refractivity contribution in [3.05, 3.63) is 48.7 Å². The van der Waals surface area contributed by atoms with Gasteiger partial charge in [0.25, 0.3) is 0 Å². The number of methoxy groups -OCH3 is 1. The highest BCUT2D eigenvalue weighted by Crippen LogP contribution is 2.42. The van der Waals surface area contributed by atoms with Crippen LogP contribution in [0.1, 0.15) is 24.5 Å². The molecule has 0 aliphatic carbocycles. The molecular weight excluding hydrogens is 352 g/mol. The number of nitrogens with zero attached hydrogens (tertiary/aromatic N) is 2. The van der Waals surface area contributed by atoms with E-state index < -0.39 is 6.10 Å². The highest BCUT2D eigenvalue weighted by molar-refractivity contribution is 5.85. The second-order valence-corrected chi connectivity index (χ2v) is 6.97. The van der Waals surface area contributed by atoms with E-state index in [0.29, 0.717) is 11.8 Å². The Morgan fingerprint density at radius 2 is 2.19 bits per heavy atom. The van der Waals surface area contributed by atoms with Crippen molar-refractivity contribution in [2.45, 2.75) is 25.0 Å². The molecule has 1 aromatic heterocycles. The molecule has 0 saturated carbocycles. The molecule has 0 spiro atoms. The van der Waals surface area contributed by atoms with Crippen LogP contribution in [0.2, 0.25) is 0 Å². The van der Waals surface area contributed by atoms with Gasteiger partial charge in [-0.1, -0.05) is 6.08 Å². The van der Waals surface area contributed by atoms with E-state index in [9.17, 15) is 5.11 Å². The molecule has 6 heteroatoms. The largest absolute Gasteiger partial charge is 0.497 e. The van der Waals surface area contributed by atoms with Gasteiger partial charge in [-0.2, -0.15) is 0 Å². The van der Waals surface area contributed by atoms with E-state index in [-0.39, 0.29) is 23.9 Å². The zero-order valence-electron chi connectivity index (χ0n) is 15.0. The van der Waals surface area contributed by atoms with Crippen molar-refractivity contribution in [1.29, 1.82) is 0 Å². The highest BCUT2D eigenvalue weighted by Gasteiger charge is 2.42. The average Bonchev–Trinajstić information content (AvgIpc) is 2.66. The first-order valence-electron chi connectivity index (χ1n) is 8.68. The zero-order valence-corrected chi connectivity index (χ0v) is 15.8. The minimum absolute atomic E-state index is 0. The third-order valence-electron chi connectivity index (χ3n) is 5.82. The van der Waals surface area contributed by atoms with Crippen LogP contribution in [0.25, 0.3) is 10.9 Å². The smallest absolute Gasteiger partial charge is 0.119 e. The lowest BCUT2D eigenvalue weighted by Crippen LogP contribution is -2.54. The zero-order chi connectivity index (χ0) is 16.7. The first-order chi connectivity index (χ1) is 11.7. The average molecular weight is 379 g/mol. The first-order valence-corrected chi connectivity index (χ1v) is 8.68. The predicted molar refractivity (Wildman–Crippen MR) is 106 cm³/mol. The molecule has 5 rings (SSSR count). The maximum Gasteiger partial charge on any atom is 0.119 e. The van der Waals surface area contributed by atoms with Crippen molar-refractivity contribution in [1.82, 2.24) is 9.88 Å². The summed E-state index contributed by atoms with van der Waals surface area (Å²) in [4.78, 5) is 6.86. The summed E-state index contributed by atoms with van der Waals surface area (Å²) in [5.74, 6) is 2.01. The van der Waals surface area contributed by atoms with Gasteiger partial charge in [-0.3, -0.25) is 9.88 Å². The normalized spacial score (nSPS) is 27.9. The number of rotatable bonds is 4. The molecule has 26 heavy (non-hydrogen) atoms. The molecule has 0 radical (unpaired) electrons. The number of ether oxygens (including phenoxy) is 1. The van der Waals surface area contributed by atoms with E-state index in [1.165, 1.54) is 6.42 Å². The molecule has 1 unspecified atom stereocenters. The molecule has 3 N–H and O–H groups in total. The van der Waals surface area contributed by atoms with Crippen LogP contribution in [0.5, 0.6) is 5.75 Å².